The molecule has 0 saturated carbocycles. The molecule has 29 heavy (non-hydrogen) atoms. The van der Waals surface area contributed by atoms with Crippen molar-refractivity contribution in [2.24, 2.45) is 0 Å². The first-order chi connectivity index (χ1) is 14.3. The lowest BCUT2D eigenvalue weighted by Gasteiger charge is -2.14. The fourth-order valence-electron chi connectivity index (χ4n) is 3.30. The van der Waals surface area contributed by atoms with Crippen LogP contribution in [0.3, 0.4) is 0 Å². The molecule has 5 rings (SSSR count). The van der Waals surface area contributed by atoms with Gasteiger partial charge in [-0.15, -0.1) is 0 Å². The molecular weight excluding hydrogens is 366 g/mol. The van der Waals surface area contributed by atoms with Crippen LogP contribution in [0.4, 0.5) is 0 Å². The van der Waals surface area contributed by atoms with Gasteiger partial charge >= 0.3 is 0 Å². The minimum Gasteiger partial charge on any atom is -0.464 e. The maximum absolute atomic E-state index is 5.61. The number of rotatable bonds is 5. The van der Waals surface area contributed by atoms with Crippen molar-refractivity contribution in [1.82, 2.24) is 24.7 Å². The third kappa shape index (κ3) is 3.12. The summed E-state index contributed by atoms with van der Waals surface area (Å²) in [4.78, 5) is 13.3. The van der Waals surface area contributed by atoms with Gasteiger partial charge in [0.05, 0.1) is 6.26 Å². The molecule has 4 aromatic heterocycles. The van der Waals surface area contributed by atoms with Gasteiger partial charge < -0.3 is 13.5 Å². The van der Waals surface area contributed by atoms with E-state index in [9.17, 15) is 0 Å². The van der Waals surface area contributed by atoms with E-state index in [4.69, 9.17) is 8.94 Å². The largest absolute Gasteiger partial charge is 0.464 e. The van der Waals surface area contributed by atoms with Crippen molar-refractivity contribution in [3.63, 3.8) is 0 Å². The highest BCUT2D eigenvalue weighted by atomic mass is 16.5. The summed E-state index contributed by atoms with van der Waals surface area (Å²) < 4.78 is 13.2. The summed E-state index contributed by atoms with van der Waals surface area (Å²) in [5.74, 6) is 2.60. The van der Waals surface area contributed by atoms with E-state index in [1.165, 1.54) is 0 Å². The van der Waals surface area contributed by atoms with Crippen molar-refractivity contribution in [3.05, 3.63) is 85.5 Å². The predicted octanol–water partition coefficient (Wildman–Crippen LogP) is 4.86. The third-order valence-corrected chi connectivity index (χ3v) is 4.76. The molecule has 0 aliphatic carbocycles. The topological polar surface area (TPSA) is 82.8 Å². The van der Waals surface area contributed by atoms with Crippen molar-refractivity contribution in [2.75, 3.05) is 0 Å². The minimum absolute atomic E-state index is 0.199. The highest BCUT2D eigenvalue weighted by molar-refractivity contribution is 5.78. The Balaban J connectivity index is 1.53. The van der Waals surface area contributed by atoms with Gasteiger partial charge in [0.15, 0.2) is 0 Å². The van der Waals surface area contributed by atoms with Crippen LogP contribution in [0.25, 0.3) is 34.1 Å². The van der Waals surface area contributed by atoms with Crippen LogP contribution < -0.4 is 0 Å². The number of furan rings is 1. The van der Waals surface area contributed by atoms with Crippen LogP contribution in [0.5, 0.6) is 0 Å². The zero-order valence-corrected chi connectivity index (χ0v) is 15.6. The van der Waals surface area contributed by atoms with Gasteiger partial charge in [0.2, 0.25) is 11.7 Å². The second kappa shape index (κ2) is 7.20. The molecule has 1 aromatic carbocycles. The van der Waals surface area contributed by atoms with Crippen molar-refractivity contribution in [1.29, 1.82) is 0 Å². The van der Waals surface area contributed by atoms with E-state index in [0.717, 1.165) is 28.3 Å². The average Bonchev–Trinajstić information content (AvgIpc) is 3.55. The van der Waals surface area contributed by atoms with Crippen LogP contribution in [-0.2, 0) is 0 Å². The lowest BCUT2D eigenvalue weighted by Crippen LogP contribution is -2.08. The molecule has 1 atom stereocenters. The fourth-order valence-corrected chi connectivity index (χ4v) is 3.30. The molecule has 0 fully saturated rings. The molecule has 142 valence electrons. The molecule has 4 heterocycles. The van der Waals surface area contributed by atoms with E-state index in [1.54, 1.807) is 24.9 Å². The van der Waals surface area contributed by atoms with E-state index in [2.05, 4.69) is 20.1 Å². The smallest absolute Gasteiger partial charge is 0.249 e. The molecule has 7 heteroatoms. The maximum atomic E-state index is 5.61. The Morgan fingerprint density at radius 1 is 0.966 bits per heavy atom. The number of aromatic nitrogens is 5. The monoisotopic (exact) mass is 383 g/mol. The lowest BCUT2D eigenvalue weighted by atomic mass is 10.0. The number of hydrogen-bond acceptors (Lipinski definition) is 6. The SMILES string of the molecule is C[C@@H](c1nc(-c2cccnc2)no1)n1ccnc1-c1ccccc1-c1ccco1. The maximum Gasteiger partial charge on any atom is 0.249 e. The molecule has 0 spiro atoms. The Labute approximate surface area is 166 Å². The Kier molecular flexibility index (Phi) is 4.25. The van der Waals surface area contributed by atoms with E-state index >= 15 is 0 Å². The molecule has 0 aliphatic rings. The molecule has 7 nitrogen and oxygen atoms in total. The van der Waals surface area contributed by atoms with Gasteiger partial charge in [-0.1, -0.05) is 29.4 Å². The van der Waals surface area contributed by atoms with Crippen LogP contribution in [0, 0.1) is 0 Å². The fraction of sp³-hybridized carbons (Fsp3) is 0.0909. The first-order valence-corrected chi connectivity index (χ1v) is 9.21. The summed E-state index contributed by atoms with van der Waals surface area (Å²) in [6, 6.07) is 15.4. The molecule has 0 radical (unpaired) electrons. The van der Waals surface area contributed by atoms with Crippen LogP contribution >= 0.6 is 0 Å². The van der Waals surface area contributed by atoms with Gasteiger partial charge in [-0.05, 0) is 31.2 Å². The van der Waals surface area contributed by atoms with Crippen molar-refractivity contribution >= 4 is 0 Å². The zero-order valence-electron chi connectivity index (χ0n) is 15.6. The van der Waals surface area contributed by atoms with E-state index in [1.807, 2.05) is 66.2 Å². The van der Waals surface area contributed by atoms with Crippen LogP contribution in [-0.4, -0.2) is 24.7 Å². The Bertz CT molecular complexity index is 1230. The first kappa shape index (κ1) is 17.1. The molecule has 0 N–H and O–H groups in total. The summed E-state index contributed by atoms with van der Waals surface area (Å²) >= 11 is 0. The number of benzene rings is 1. The second-order valence-corrected chi connectivity index (χ2v) is 6.55. The number of pyridine rings is 1. The van der Waals surface area contributed by atoms with Gasteiger partial charge in [-0.2, -0.15) is 4.98 Å². The Hall–Kier alpha value is -4.00. The number of imidazole rings is 1. The summed E-state index contributed by atoms with van der Waals surface area (Å²) in [7, 11) is 0. The number of nitrogens with zero attached hydrogens (tertiary/aromatic N) is 5. The molecule has 0 amide bonds. The minimum atomic E-state index is -0.199. The highest BCUT2D eigenvalue weighted by Gasteiger charge is 2.21. The van der Waals surface area contributed by atoms with Crippen molar-refractivity contribution in [3.8, 4) is 34.1 Å². The van der Waals surface area contributed by atoms with E-state index < -0.39 is 0 Å². The lowest BCUT2D eigenvalue weighted by molar-refractivity contribution is 0.346. The predicted molar refractivity (Wildman–Crippen MR) is 107 cm³/mol. The van der Waals surface area contributed by atoms with Gasteiger partial charge in [0.1, 0.15) is 17.6 Å². The summed E-state index contributed by atoms with van der Waals surface area (Å²) in [5, 5.41) is 4.10. The molecular formula is C22H17N5O2. The molecule has 5 aromatic rings. The van der Waals surface area contributed by atoms with Crippen LogP contribution in [0.1, 0.15) is 18.9 Å². The van der Waals surface area contributed by atoms with Crippen LogP contribution in [0.2, 0.25) is 0 Å². The van der Waals surface area contributed by atoms with Gasteiger partial charge in [-0.3, -0.25) is 4.98 Å². The molecule has 0 saturated heterocycles. The quantitative estimate of drug-likeness (QED) is 0.431. The summed E-state index contributed by atoms with van der Waals surface area (Å²) in [6.07, 6.45) is 8.76. The standard InChI is InChI=1S/C22H17N5O2/c1-15(22-25-20(26-29-22)16-6-4-10-23-14-16)27-12-11-24-21(27)18-8-3-2-7-17(18)19-9-5-13-28-19/h2-15H,1H3/t15-/m0/s1. The van der Waals surface area contributed by atoms with Gasteiger partial charge in [0.25, 0.3) is 0 Å². The normalized spacial score (nSPS) is 12.2. The third-order valence-electron chi connectivity index (χ3n) is 4.76. The highest BCUT2D eigenvalue weighted by Crippen LogP contribution is 2.33. The van der Waals surface area contributed by atoms with Gasteiger partial charge in [-0.25, -0.2) is 4.98 Å². The second-order valence-electron chi connectivity index (χ2n) is 6.55. The molecule has 0 unspecified atom stereocenters. The average molecular weight is 383 g/mol. The summed E-state index contributed by atoms with van der Waals surface area (Å²) in [6.45, 7) is 2.00. The Morgan fingerprint density at radius 2 is 1.86 bits per heavy atom. The Morgan fingerprint density at radius 3 is 2.66 bits per heavy atom. The van der Waals surface area contributed by atoms with Crippen LogP contribution in [0.15, 0.2) is 88.5 Å². The zero-order chi connectivity index (χ0) is 19.6. The molecule has 0 bridgehead atoms. The van der Waals surface area contributed by atoms with E-state index in [0.29, 0.717) is 11.7 Å². The van der Waals surface area contributed by atoms with Gasteiger partial charge in [0, 0.05) is 41.5 Å². The van der Waals surface area contributed by atoms with Crippen molar-refractivity contribution in [2.45, 2.75) is 13.0 Å². The van der Waals surface area contributed by atoms with E-state index in [-0.39, 0.29) is 6.04 Å². The number of hydrogen-bond donors (Lipinski definition) is 0. The summed E-state index contributed by atoms with van der Waals surface area (Å²) in [5.41, 5.74) is 2.74. The van der Waals surface area contributed by atoms with Crippen molar-refractivity contribution < 1.29 is 8.94 Å². The molecule has 0 aliphatic heterocycles. The first-order valence-electron chi connectivity index (χ1n) is 9.21.